The number of hydrogen-bond acceptors (Lipinski definition) is 6. The van der Waals surface area contributed by atoms with Gasteiger partial charge in [0.15, 0.2) is 0 Å². The topological polar surface area (TPSA) is 67.2 Å². The summed E-state index contributed by atoms with van der Waals surface area (Å²) in [6, 6.07) is 3.49. The van der Waals surface area contributed by atoms with Gasteiger partial charge in [-0.25, -0.2) is 14.6 Å². The zero-order valence-corrected chi connectivity index (χ0v) is 18.6. The average molecular weight is 411 g/mol. The third kappa shape index (κ3) is 4.72. The van der Waals surface area contributed by atoms with Crippen LogP contribution in [0.3, 0.4) is 0 Å². The van der Waals surface area contributed by atoms with Crippen LogP contribution in [0.2, 0.25) is 0 Å². The summed E-state index contributed by atoms with van der Waals surface area (Å²) in [5.41, 5.74) is 3.50. The molecule has 1 aliphatic heterocycles. The lowest BCUT2D eigenvalue weighted by Gasteiger charge is -2.36. The van der Waals surface area contributed by atoms with Crippen molar-refractivity contribution in [2.45, 2.75) is 64.8 Å². The summed E-state index contributed by atoms with van der Waals surface area (Å²) in [5, 5.41) is 4.60. The summed E-state index contributed by atoms with van der Waals surface area (Å²) in [6.45, 7) is 11.7. The van der Waals surface area contributed by atoms with Crippen LogP contribution in [0.25, 0.3) is 0 Å². The molecule has 0 unspecified atom stereocenters. The number of hydrogen-bond donors (Lipinski definition) is 0. The Balaban J connectivity index is 1.37. The van der Waals surface area contributed by atoms with Gasteiger partial charge in [0.1, 0.15) is 12.1 Å². The Morgan fingerprint density at radius 1 is 0.933 bits per heavy atom. The van der Waals surface area contributed by atoms with Crippen molar-refractivity contribution < 1.29 is 0 Å². The number of rotatable bonds is 4. The van der Waals surface area contributed by atoms with Crippen LogP contribution in [0.5, 0.6) is 0 Å². The van der Waals surface area contributed by atoms with Crippen LogP contribution in [-0.4, -0.2) is 57.4 Å². The number of nitrogens with zero attached hydrogens (tertiary/aromatic N) is 6. The van der Waals surface area contributed by atoms with Crippen molar-refractivity contribution >= 4 is 5.82 Å². The van der Waals surface area contributed by atoms with Gasteiger partial charge in [0.05, 0.1) is 12.2 Å². The molecule has 3 heterocycles. The second kappa shape index (κ2) is 8.84. The summed E-state index contributed by atoms with van der Waals surface area (Å²) in [5.74, 6) is 1.15. The fourth-order valence-electron chi connectivity index (χ4n) is 4.38. The highest BCUT2D eigenvalue weighted by Crippen LogP contribution is 2.27. The minimum absolute atomic E-state index is 0.0229. The second-order valence-corrected chi connectivity index (χ2v) is 9.54. The third-order valence-electron chi connectivity index (χ3n) is 6.29. The molecule has 162 valence electrons. The first-order valence-electron chi connectivity index (χ1n) is 11.3. The molecule has 1 fully saturated rings. The molecule has 4 rings (SSSR count). The molecule has 7 nitrogen and oxygen atoms in total. The van der Waals surface area contributed by atoms with Crippen LogP contribution in [0.1, 0.15) is 57.0 Å². The number of piperazine rings is 1. The van der Waals surface area contributed by atoms with Crippen LogP contribution in [-0.2, 0) is 24.8 Å². The van der Waals surface area contributed by atoms with Gasteiger partial charge >= 0.3 is 0 Å². The second-order valence-electron chi connectivity index (χ2n) is 9.54. The van der Waals surface area contributed by atoms with Crippen molar-refractivity contribution in [2.24, 2.45) is 0 Å². The Kier molecular flexibility index (Phi) is 6.18. The molecule has 0 aromatic carbocycles. The van der Waals surface area contributed by atoms with Gasteiger partial charge < -0.3 is 4.90 Å². The van der Waals surface area contributed by atoms with Gasteiger partial charge in [-0.05, 0) is 31.7 Å². The molecule has 0 amide bonds. The Hall–Kier alpha value is -2.28. The molecule has 0 atom stereocenters. The average Bonchev–Trinajstić information content (AvgIpc) is 2.98. The molecule has 1 aliphatic carbocycles. The summed E-state index contributed by atoms with van der Waals surface area (Å²) in [4.78, 5) is 26.3. The summed E-state index contributed by atoms with van der Waals surface area (Å²) < 4.78 is 1.62. The van der Waals surface area contributed by atoms with E-state index in [1.54, 1.807) is 17.1 Å². The van der Waals surface area contributed by atoms with Crippen molar-refractivity contribution in [3.05, 3.63) is 45.8 Å². The van der Waals surface area contributed by atoms with Crippen LogP contribution in [0.15, 0.2) is 23.3 Å². The van der Waals surface area contributed by atoms with E-state index in [9.17, 15) is 4.79 Å². The fraction of sp³-hybridized carbons (Fsp3) is 0.652. The predicted octanol–water partition coefficient (Wildman–Crippen LogP) is 2.42. The molecule has 0 spiro atoms. The lowest BCUT2D eigenvalue weighted by atomic mass is 9.92. The van der Waals surface area contributed by atoms with E-state index >= 15 is 0 Å². The first kappa shape index (κ1) is 21.0. The fourth-order valence-corrected chi connectivity index (χ4v) is 4.38. The van der Waals surface area contributed by atoms with Gasteiger partial charge in [-0.3, -0.25) is 9.69 Å². The zero-order chi connectivity index (χ0) is 21.1. The van der Waals surface area contributed by atoms with Crippen molar-refractivity contribution in [1.29, 1.82) is 0 Å². The van der Waals surface area contributed by atoms with E-state index in [1.165, 1.54) is 30.5 Å². The van der Waals surface area contributed by atoms with Crippen LogP contribution in [0, 0.1) is 0 Å². The maximum atomic E-state index is 12.2. The highest BCUT2D eigenvalue weighted by atomic mass is 16.1. The smallest absolute Gasteiger partial charge is 0.266 e. The van der Waals surface area contributed by atoms with E-state index in [-0.39, 0.29) is 11.0 Å². The van der Waals surface area contributed by atoms with Gasteiger partial charge in [0.2, 0.25) is 0 Å². The molecule has 30 heavy (non-hydrogen) atoms. The lowest BCUT2D eigenvalue weighted by molar-refractivity contribution is 0.241. The largest absolute Gasteiger partial charge is 0.354 e. The van der Waals surface area contributed by atoms with Gasteiger partial charge in [-0.1, -0.05) is 27.2 Å². The lowest BCUT2D eigenvalue weighted by Crippen LogP contribution is -2.48. The SMILES string of the molecule is CC(C)(C)c1ccc(=O)n(CCN2CCN(c3ncnc4c3CCCCC4)CC2)n1. The summed E-state index contributed by atoms with van der Waals surface area (Å²) >= 11 is 0. The van der Waals surface area contributed by atoms with Gasteiger partial charge in [0, 0.05) is 55.5 Å². The highest BCUT2D eigenvalue weighted by Gasteiger charge is 2.23. The molecule has 0 radical (unpaired) electrons. The third-order valence-corrected chi connectivity index (χ3v) is 6.29. The first-order valence-corrected chi connectivity index (χ1v) is 11.3. The predicted molar refractivity (Wildman–Crippen MR) is 119 cm³/mol. The molecule has 0 N–H and O–H groups in total. The Morgan fingerprint density at radius 2 is 1.70 bits per heavy atom. The number of aryl methyl sites for hydroxylation is 1. The van der Waals surface area contributed by atoms with E-state index < -0.39 is 0 Å². The van der Waals surface area contributed by atoms with Crippen molar-refractivity contribution in [1.82, 2.24) is 24.6 Å². The van der Waals surface area contributed by atoms with Gasteiger partial charge in [0.25, 0.3) is 5.56 Å². The molecule has 0 saturated carbocycles. The molecule has 7 heteroatoms. The normalized spacial score (nSPS) is 18.2. The molecule has 2 aromatic heterocycles. The van der Waals surface area contributed by atoms with Crippen molar-refractivity contribution in [2.75, 3.05) is 37.6 Å². The standard InChI is InChI=1S/C23H34N6O/c1-23(2,3)20-9-10-21(30)29(26-20)16-13-27-11-14-28(15-12-27)22-18-7-5-4-6-8-19(18)24-17-25-22/h9-10,17H,4-8,11-16H2,1-3H3. The quantitative estimate of drug-likeness (QED) is 0.721. The molecular weight excluding hydrogens is 376 g/mol. The summed E-state index contributed by atoms with van der Waals surface area (Å²) in [6.07, 6.45) is 7.69. The molecular formula is C23H34N6O. The summed E-state index contributed by atoms with van der Waals surface area (Å²) in [7, 11) is 0. The zero-order valence-electron chi connectivity index (χ0n) is 18.6. The van der Waals surface area contributed by atoms with Crippen LogP contribution < -0.4 is 10.5 Å². The molecule has 2 aromatic rings. The van der Waals surface area contributed by atoms with Gasteiger partial charge in [-0.15, -0.1) is 0 Å². The van der Waals surface area contributed by atoms with E-state index in [1.807, 2.05) is 6.07 Å². The van der Waals surface area contributed by atoms with E-state index in [2.05, 4.69) is 45.6 Å². The number of fused-ring (bicyclic) bond motifs is 1. The van der Waals surface area contributed by atoms with Crippen molar-refractivity contribution in [3.8, 4) is 0 Å². The van der Waals surface area contributed by atoms with Gasteiger partial charge in [-0.2, -0.15) is 5.10 Å². The minimum atomic E-state index is -0.0589. The Bertz CT molecular complexity index is 924. The highest BCUT2D eigenvalue weighted by molar-refractivity contribution is 5.49. The van der Waals surface area contributed by atoms with Crippen LogP contribution >= 0.6 is 0 Å². The van der Waals surface area contributed by atoms with Crippen molar-refractivity contribution in [3.63, 3.8) is 0 Å². The maximum Gasteiger partial charge on any atom is 0.266 e. The Labute approximate surface area is 179 Å². The molecule has 1 saturated heterocycles. The minimum Gasteiger partial charge on any atom is -0.354 e. The Morgan fingerprint density at radius 3 is 2.47 bits per heavy atom. The monoisotopic (exact) mass is 410 g/mol. The van der Waals surface area contributed by atoms with E-state index in [0.29, 0.717) is 6.54 Å². The van der Waals surface area contributed by atoms with Crippen LogP contribution in [0.4, 0.5) is 5.82 Å². The number of anilines is 1. The molecule has 2 aliphatic rings. The van der Waals surface area contributed by atoms with E-state index in [4.69, 9.17) is 0 Å². The van der Waals surface area contributed by atoms with E-state index in [0.717, 1.165) is 57.1 Å². The first-order chi connectivity index (χ1) is 14.4. The molecule has 0 bridgehead atoms. The number of aromatic nitrogens is 4. The maximum absolute atomic E-state index is 12.2.